The number of nitrogens with two attached hydrogens (primary N) is 1. The third-order valence-electron chi connectivity index (χ3n) is 4.98. The van der Waals surface area contributed by atoms with Gasteiger partial charge in [0.1, 0.15) is 10.8 Å². The van der Waals surface area contributed by atoms with E-state index in [9.17, 15) is 0 Å². The zero-order chi connectivity index (χ0) is 19.3. The Kier molecular flexibility index (Phi) is 5.58. The Labute approximate surface area is 169 Å². The second-order valence-corrected chi connectivity index (χ2v) is 8.05. The van der Waals surface area contributed by atoms with Crippen LogP contribution in [0.4, 0.5) is 5.69 Å². The van der Waals surface area contributed by atoms with Gasteiger partial charge in [-0.15, -0.1) is 11.3 Å². The molecule has 0 saturated carbocycles. The molecule has 3 N–H and O–H groups in total. The summed E-state index contributed by atoms with van der Waals surface area (Å²) in [4.78, 5) is 10.6. The van der Waals surface area contributed by atoms with Crippen LogP contribution >= 0.6 is 11.3 Å². The van der Waals surface area contributed by atoms with E-state index in [1.54, 1.807) is 18.4 Å². The predicted octanol–water partition coefficient (Wildman–Crippen LogP) is 4.35. The number of guanidine groups is 1. The van der Waals surface area contributed by atoms with Gasteiger partial charge in [-0.2, -0.15) is 0 Å². The molecule has 144 valence electrons. The number of rotatable bonds is 5. The highest BCUT2D eigenvalue weighted by Crippen LogP contribution is 2.35. The molecule has 1 aliphatic carbocycles. The fourth-order valence-corrected chi connectivity index (χ4v) is 4.67. The minimum Gasteiger partial charge on any atom is -0.497 e. The molecule has 6 heteroatoms. The highest BCUT2D eigenvalue weighted by atomic mass is 32.1. The summed E-state index contributed by atoms with van der Waals surface area (Å²) < 4.78 is 5.22. The zero-order valence-corrected chi connectivity index (χ0v) is 16.7. The van der Waals surface area contributed by atoms with Crippen molar-refractivity contribution in [2.75, 3.05) is 12.4 Å². The van der Waals surface area contributed by atoms with E-state index < -0.39 is 0 Å². The number of aromatic nitrogens is 1. The van der Waals surface area contributed by atoms with Crippen molar-refractivity contribution in [2.45, 2.75) is 31.7 Å². The summed E-state index contributed by atoms with van der Waals surface area (Å²) in [7, 11) is 1.64. The molecule has 1 aromatic heterocycles. The van der Waals surface area contributed by atoms with E-state index in [2.05, 4.69) is 40.6 Å². The average molecular weight is 393 g/mol. The second-order valence-electron chi connectivity index (χ2n) is 6.89. The van der Waals surface area contributed by atoms with E-state index in [1.807, 2.05) is 24.3 Å². The first-order valence-electron chi connectivity index (χ1n) is 9.44. The summed E-state index contributed by atoms with van der Waals surface area (Å²) >= 11 is 1.77. The molecule has 4 rings (SSSR count). The summed E-state index contributed by atoms with van der Waals surface area (Å²) in [5.41, 5.74) is 9.55. The molecule has 3 aromatic rings. The Morgan fingerprint density at radius 3 is 2.93 bits per heavy atom. The molecule has 2 aromatic carbocycles. The standard InChI is InChI=1S/C22H24N4OS/c1-27-18-9-5-8-17(13-18)25-22(23)24-14-21-26-19-11-10-16(12-20(19)28-21)15-6-3-2-4-7-15/h2-9,13,16H,10-12,14H2,1H3,(H3,23,24,25). The maximum Gasteiger partial charge on any atom is 0.193 e. The van der Waals surface area contributed by atoms with E-state index in [0.29, 0.717) is 18.4 Å². The van der Waals surface area contributed by atoms with Gasteiger partial charge in [0.05, 0.1) is 19.3 Å². The van der Waals surface area contributed by atoms with Crippen LogP contribution in [0.5, 0.6) is 5.75 Å². The van der Waals surface area contributed by atoms with Gasteiger partial charge >= 0.3 is 0 Å². The molecule has 1 unspecified atom stereocenters. The van der Waals surface area contributed by atoms with Crippen molar-refractivity contribution in [3.63, 3.8) is 0 Å². The first-order chi connectivity index (χ1) is 13.7. The minimum absolute atomic E-state index is 0.378. The van der Waals surface area contributed by atoms with Crippen molar-refractivity contribution in [3.05, 3.63) is 75.7 Å². The molecule has 28 heavy (non-hydrogen) atoms. The third kappa shape index (κ3) is 4.34. The lowest BCUT2D eigenvalue weighted by atomic mass is 9.85. The smallest absolute Gasteiger partial charge is 0.193 e. The van der Waals surface area contributed by atoms with Crippen LogP contribution in [0, 0.1) is 0 Å². The Balaban J connectivity index is 1.40. The molecule has 0 radical (unpaired) electrons. The van der Waals surface area contributed by atoms with Gasteiger partial charge < -0.3 is 15.8 Å². The van der Waals surface area contributed by atoms with Gasteiger partial charge in [-0.3, -0.25) is 0 Å². The number of anilines is 1. The lowest BCUT2D eigenvalue weighted by molar-refractivity contribution is 0.415. The van der Waals surface area contributed by atoms with Crippen LogP contribution < -0.4 is 15.8 Å². The lowest BCUT2D eigenvalue weighted by Crippen LogP contribution is -2.22. The van der Waals surface area contributed by atoms with Gasteiger partial charge in [0.25, 0.3) is 0 Å². The molecule has 0 aliphatic heterocycles. The van der Waals surface area contributed by atoms with Crippen molar-refractivity contribution in [1.82, 2.24) is 4.98 Å². The third-order valence-corrected chi connectivity index (χ3v) is 6.09. The molecule has 0 amide bonds. The van der Waals surface area contributed by atoms with Crippen LogP contribution in [0.3, 0.4) is 0 Å². The van der Waals surface area contributed by atoms with Crippen molar-refractivity contribution in [3.8, 4) is 5.75 Å². The van der Waals surface area contributed by atoms with Crippen LogP contribution in [-0.4, -0.2) is 18.1 Å². The number of aryl methyl sites for hydroxylation is 1. The minimum atomic E-state index is 0.378. The molecule has 0 bridgehead atoms. The maximum atomic E-state index is 6.04. The highest BCUT2D eigenvalue weighted by Gasteiger charge is 2.23. The predicted molar refractivity (Wildman–Crippen MR) is 115 cm³/mol. The van der Waals surface area contributed by atoms with Gasteiger partial charge in [0, 0.05) is 16.6 Å². The Bertz CT molecular complexity index is 968. The number of hydrogen-bond donors (Lipinski definition) is 2. The Hall–Kier alpha value is -2.86. The zero-order valence-electron chi connectivity index (χ0n) is 15.9. The van der Waals surface area contributed by atoms with Crippen molar-refractivity contribution >= 4 is 23.0 Å². The molecule has 0 saturated heterocycles. The molecule has 5 nitrogen and oxygen atoms in total. The average Bonchev–Trinajstić information content (AvgIpc) is 3.15. The molecule has 1 atom stereocenters. The van der Waals surface area contributed by atoms with Crippen molar-refractivity contribution in [2.24, 2.45) is 10.7 Å². The first-order valence-corrected chi connectivity index (χ1v) is 10.3. The molecule has 1 heterocycles. The normalized spacial score (nSPS) is 16.5. The SMILES string of the molecule is COc1cccc(NC(N)=NCc2nc3c(s2)CC(c2ccccc2)CC3)c1. The largest absolute Gasteiger partial charge is 0.497 e. The molecular formula is C22H24N4OS. The Morgan fingerprint density at radius 1 is 1.25 bits per heavy atom. The number of ether oxygens (including phenoxy) is 1. The van der Waals surface area contributed by atoms with Crippen LogP contribution in [0.15, 0.2) is 59.6 Å². The van der Waals surface area contributed by atoms with Crippen LogP contribution in [-0.2, 0) is 19.4 Å². The van der Waals surface area contributed by atoms with Crippen LogP contribution in [0.25, 0.3) is 0 Å². The summed E-state index contributed by atoms with van der Waals surface area (Å²) in [6.45, 7) is 0.497. The summed E-state index contributed by atoms with van der Waals surface area (Å²) in [6, 6.07) is 18.4. The van der Waals surface area contributed by atoms with E-state index in [4.69, 9.17) is 15.5 Å². The van der Waals surface area contributed by atoms with Gasteiger partial charge in [-0.05, 0) is 42.9 Å². The number of thiazole rings is 1. The number of nitrogens with one attached hydrogen (secondary N) is 1. The van der Waals surface area contributed by atoms with Gasteiger partial charge in [-0.25, -0.2) is 9.98 Å². The second kappa shape index (κ2) is 8.44. The monoisotopic (exact) mass is 392 g/mol. The van der Waals surface area contributed by atoms with Crippen LogP contribution in [0.2, 0.25) is 0 Å². The fourth-order valence-electron chi connectivity index (χ4n) is 3.55. The number of methoxy groups -OCH3 is 1. The molecular weight excluding hydrogens is 368 g/mol. The number of hydrogen-bond acceptors (Lipinski definition) is 4. The molecule has 0 spiro atoms. The van der Waals surface area contributed by atoms with Crippen LogP contribution in [0.1, 0.15) is 33.5 Å². The van der Waals surface area contributed by atoms with Gasteiger partial charge in [0.2, 0.25) is 0 Å². The summed E-state index contributed by atoms with van der Waals surface area (Å²) in [5, 5.41) is 4.12. The number of fused-ring (bicyclic) bond motifs is 1. The molecule has 0 fully saturated rings. The van der Waals surface area contributed by atoms with E-state index >= 15 is 0 Å². The van der Waals surface area contributed by atoms with Gasteiger partial charge in [0.15, 0.2) is 5.96 Å². The Morgan fingerprint density at radius 2 is 2.11 bits per heavy atom. The van der Waals surface area contributed by atoms with E-state index in [0.717, 1.165) is 35.7 Å². The fraction of sp³-hybridized carbons (Fsp3) is 0.273. The lowest BCUT2D eigenvalue weighted by Gasteiger charge is -2.21. The first kappa shape index (κ1) is 18.5. The summed E-state index contributed by atoms with van der Waals surface area (Å²) in [5.74, 6) is 1.74. The van der Waals surface area contributed by atoms with Crippen molar-refractivity contribution < 1.29 is 4.74 Å². The van der Waals surface area contributed by atoms with E-state index in [-0.39, 0.29) is 0 Å². The number of nitrogens with zero attached hydrogens (tertiary/aromatic N) is 2. The topological polar surface area (TPSA) is 72.5 Å². The van der Waals surface area contributed by atoms with E-state index in [1.165, 1.54) is 16.1 Å². The number of aliphatic imine (C=N–C) groups is 1. The quantitative estimate of drug-likeness (QED) is 0.500. The summed E-state index contributed by atoms with van der Waals surface area (Å²) in [6.07, 6.45) is 3.26. The molecule has 1 aliphatic rings. The van der Waals surface area contributed by atoms with Gasteiger partial charge in [-0.1, -0.05) is 36.4 Å². The highest BCUT2D eigenvalue weighted by molar-refractivity contribution is 7.11. The number of benzene rings is 2. The maximum absolute atomic E-state index is 6.04. The van der Waals surface area contributed by atoms with Crippen molar-refractivity contribution in [1.29, 1.82) is 0 Å².